The summed E-state index contributed by atoms with van der Waals surface area (Å²) in [6.45, 7) is 14.9. The van der Waals surface area contributed by atoms with Crippen LogP contribution in [-0.2, 0) is 4.74 Å². The van der Waals surface area contributed by atoms with Gasteiger partial charge in [-0.3, -0.25) is 4.90 Å². The van der Waals surface area contributed by atoms with Crippen molar-refractivity contribution < 1.29 is 4.74 Å². The van der Waals surface area contributed by atoms with Crippen molar-refractivity contribution in [2.45, 2.75) is 46.6 Å². The van der Waals surface area contributed by atoms with Crippen molar-refractivity contribution in [3.8, 4) is 0 Å². The van der Waals surface area contributed by atoms with Crippen molar-refractivity contribution in [2.75, 3.05) is 39.4 Å². The third-order valence-corrected chi connectivity index (χ3v) is 2.78. The second-order valence-electron chi connectivity index (χ2n) is 4.44. The van der Waals surface area contributed by atoms with Crippen molar-refractivity contribution >= 4 is 0 Å². The fraction of sp³-hybridized carbons (Fsp3) is 1.00. The lowest BCUT2D eigenvalue weighted by Gasteiger charge is -2.24. The Hall–Kier alpha value is -0.120. The highest BCUT2D eigenvalue weighted by Gasteiger charge is 2.04. The van der Waals surface area contributed by atoms with Crippen molar-refractivity contribution in [2.24, 2.45) is 0 Å². The van der Waals surface area contributed by atoms with Gasteiger partial charge in [0.05, 0.1) is 6.61 Å². The molecule has 0 aromatic carbocycles. The highest BCUT2D eigenvalue weighted by atomic mass is 16.5. The van der Waals surface area contributed by atoms with Gasteiger partial charge in [-0.2, -0.15) is 0 Å². The fourth-order valence-electron chi connectivity index (χ4n) is 1.62. The van der Waals surface area contributed by atoms with Crippen molar-refractivity contribution in [3.63, 3.8) is 0 Å². The quantitative estimate of drug-likeness (QED) is 0.550. The molecule has 0 saturated carbocycles. The van der Waals surface area contributed by atoms with Crippen LogP contribution in [0.4, 0.5) is 0 Å². The Balaban J connectivity index is 3.19. The second-order valence-corrected chi connectivity index (χ2v) is 4.44. The van der Waals surface area contributed by atoms with Gasteiger partial charge in [0.25, 0.3) is 0 Å². The van der Waals surface area contributed by atoms with E-state index in [2.05, 4.69) is 37.9 Å². The first-order chi connectivity index (χ1) is 7.72. The number of nitrogens with one attached hydrogen (secondary N) is 1. The summed E-state index contributed by atoms with van der Waals surface area (Å²) < 4.78 is 5.48. The van der Waals surface area contributed by atoms with Gasteiger partial charge in [0.1, 0.15) is 0 Å². The Labute approximate surface area is 102 Å². The van der Waals surface area contributed by atoms with E-state index in [0.29, 0.717) is 6.04 Å². The molecule has 0 spiro atoms. The number of rotatable bonds is 11. The van der Waals surface area contributed by atoms with Gasteiger partial charge < -0.3 is 10.1 Å². The summed E-state index contributed by atoms with van der Waals surface area (Å²) >= 11 is 0. The van der Waals surface area contributed by atoms with Crippen molar-refractivity contribution in [1.29, 1.82) is 0 Å². The predicted molar refractivity (Wildman–Crippen MR) is 71.0 cm³/mol. The minimum Gasteiger partial charge on any atom is -0.380 e. The van der Waals surface area contributed by atoms with Gasteiger partial charge in [-0.25, -0.2) is 0 Å². The molecular formula is C13H30N2O. The molecule has 3 nitrogen and oxygen atoms in total. The van der Waals surface area contributed by atoms with E-state index in [0.717, 1.165) is 39.4 Å². The SMILES string of the molecule is CCCCOCCNCCN(CC)C(C)C. The maximum atomic E-state index is 5.48. The van der Waals surface area contributed by atoms with Crippen LogP contribution in [0.3, 0.4) is 0 Å². The van der Waals surface area contributed by atoms with E-state index in [9.17, 15) is 0 Å². The van der Waals surface area contributed by atoms with E-state index in [-0.39, 0.29) is 0 Å². The lowest BCUT2D eigenvalue weighted by Crippen LogP contribution is -2.37. The molecule has 0 aliphatic rings. The molecule has 0 unspecified atom stereocenters. The van der Waals surface area contributed by atoms with E-state index < -0.39 is 0 Å². The Morgan fingerprint density at radius 1 is 1.12 bits per heavy atom. The van der Waals surface area contributed by atoms with E-state index in [1.807, 2.05) is 0 Å². The zero-order valence-corrected chi connectivity index (χ0v) is 11.6. The minimum atomic E-state index is 0.646. The molecule has 0 atom stereocenters. The maximum absolute atomic E-state index is 5.48. The minimum absolute atomic E-state index is 0.646. The summed E-state index contributed by atoms with van der Waals surface area (Å²) in [5.41, 5.74) is 0. The van der Waals surface area contributed by atoms with Crippen LogP contribution in [0.5, 0.6) is 0 Å². The van der Waals surface area contributed by atoms with Gasteiger partial charge in [0.15, 0.2) is 0 Å². The van der Waals surface area contributed by atoms with Crippen LogP contribution < -0.4 is 5.32 Å². The highest BCUT2D eigenvalue weighted by Crippen LogP contribution is 1.95. The Bertz CT molecular complexity index is 140. The molecule has 16 heavy (non-hydrogen) atoms. The van der Waals surface area contributed by atoms with E-state index in [1.54, 1.807) is 0 Å². The average Bonchev–Trinajstić information content (AvgIpc) is 2.26. The molecular weight excluding hydrogens is 200 g/mol. The van der Waals surface area contributed by atoms with E-state index in [4.69, 9.17) is 4.74 Å². The standard InChI is InChI=1S/C13H30N2O/c1-5-7-11-16-12-9-14-8-10-15(6-2)13(3)4/h13-14H,5-12H2,1-4H3. The molecule has 0 heterocycles. The van der Waals surface area contributed by atoms with E-state index >= 15 is 0 Å². The number of hydrogen-bond acceptors (Lipinski definition) is 3. The van der Waals surface area contributed by atoms with Crippen LogP contribution in [0.2, 0.25) is 0 Å². The van der Waals surface area contributed by atoms with Gasteiger partial charge in [0.2, 0.25) is 0 Å². The van der Waals surface area contributed by atoms with Gasteiger partial charge in [0, 0.05) is 32.3 Å². The van der Waals surface area contributed by atoms with Crippen LogP contribution in [-0.4, -0.2) is 50.3 Å². The monoisotopic (exact) mass is 230 g/mol. The van der Waals surface area contributed by atoms with Gasteiger partial charge in [-0.1, -0.05) is 20.3 Å². The second kappa shape index (κ2) is 11.4. The molecule has 0 radical (unpaired) electrons. The van der Waals surface area contributed by atoms with Gasteiger partial charge in [-0.05, 0) is 26.8 Å². The van der Waals surface area contributed by atoms with Crippen LogP contribution >= 0.6 is 0 Å². The molecule has 0 amide bonds. The largest absolute Gasteiger partial charge is 0.380 e. The molecule has 3 heteroatoms. The first-order valence-electron chi connectivity index (χ1n) is 6.74. The first kappa shape index (κ1) is 15.9. The first-order valence-corrected chi connectivity index (χ1v) is 6.74. The third-order valence-electron chi connectivity index (χ3n) is 2.78. The molecule has 0 fully saturated rings. The molecule has 0 bridgehead atoms. The normalized spacial score (nSPS) is 11.6. The number of unbranched alkanes of at least 4 members (excludes halogenated alkanes) is 1. The topological polar surface area (TPSA) is 24.5 Å². The molecule has 98 valence electrons. The smallest absolute Gasteiger partial charge is 0.0590 e. The molecule has 1 N–H and O–H groups in total. The summed E-state index contributed by atoms with van der Waals surface area (Å²) in [5, 5.41) is 3.42. The number of hydrogen-bond donors (Lipinski definition) is 1. The number of likely N-dealkylation sites (N-methyl/N-ethyl adjacent to an activating group) is 1. The Kier molecular flexibility index (Phi) is 11.3. The molecule has 0 aliphatic carbocycles. The zero-order valence-electron chi connectivity index (χ0n) is 11.6. The van der Waals surface area contributed by atoms with Crippen LogP contribution in [0.15, 0.2) is 0 Å². The Morgan fingerprint density at radius 2 is 1.88 bits per heavy atom. The number of nitrogens with zero attached hydrogens (tertiary/aromatic N) is 1. The number of ether oxygens (including phenoxy) is 1. The van der Waals surface area contributed by atoms with Crippen molar-refractivity contribution in [1.82, 2.24) is 10.2 Å². The maximum Gasteiger partial charge on any atom is 0.0590 e. The zero-order chi connectivity index (χ0) is 12.2. The fourth-order valence-corrected chi connectivity index (χ4v) is 1.62. The lowest BCUT2D eigenvalue weighted by atomic mass is 10.3. The highest BCUT2D eigenvalue weighted by molar-refractivity contribution is 4.61. The van der Waals surface area contributed by atoms with Crippen LogP contribution in [0.1, 0.15) is 40.5 Å². The molecule has 0 rings (SSSR count). The molecule has 0 aromatic heterocycles. The van der Waals surface area contributed by atoms with Gasteiger partial charge in [-0.15, -0.1) is 0 Å². The predicted octanol–water partition coefficient (Wildman–Crippen LogP) is 2.12. The van der Waals surface area contributed by atoms with Gasteiger partial charge >= 0.3 is 0 Å². The van der Waals surface area contributed by atoms with E-state index in [1.165, 1.54) is 12.8 Å². The average molecular weight is 230 g/mol. The third kappa shape index (κ3) is 9.13. The van der Waals surface area contributed by atoms with Crippen LogP contribution in [0, 0.1) is 0 Å². The summed E-state index contributed by atoms with van der Waals surface area (Å²) in [6.07, 6.45) is 2.39. The Morgan fingerprint density at radius 3 is 2.44 bits per heavy atom. The lowest BCUT2D eigenvalue weighted by molar-refractivity contribution is 0.131. The molecule has 0 aromatic rings. The van der Waals surface area contributed by atoms with Crippen LogP contribution in [0.25, 0.3) is 0 Å². The summed E-state index contributed by atoms with van der Waals surface area (Å²) in [5.74, 6) is 0. The summed E-state index contributed by atoms with van der Waals surface area (Å²) in [7, 11) is 0. The van der Waals surface area contributed by atoms with Crippen molar-refractivity contribution in [3.05, 3.63) is 0 Å². The summed E-state index contributed by atoms with van der Waals surface area (Å²) in [4.78, 5) is 2.46. The molecule has 0 saturated heterocycles. The molecule has 0 aliphatic heterocycles. The summed E-state index contributed by atoms with van der Waals surface area (Å²) in [6, 6.07) is 0.646.